The Bertz CT molecular complexity index is 1360. The van der Waals surface area contributed by atoms with E-state index < -0.39 is 83.7 Å². The van der Waals surface area contributed by atoms with Crippen LogP contribution in [0.2, 0.25) is 0 Å². The lowest BCUT2D eigenvalue weighted by Crippen LogP contribution is -2.76. The molecule has 0 aliphatic rings. The third-order valence-corrected chi connectivity index (χ3v) is 7.06. The maximum Gasteiger partial charge on any atom is 0.460 e. The standard InChI is InChI=1S/C27H25F21O3/c1-2-3-4-5-6-7-13-51-17-11-9-15(8-10-16(17)49)50-14-12-18(28,29)19(30,31)20(32,33)21(34,35)22(36,37)23(38,39)24(40,41)25(42,43)26(44,45)27(46,47)48/h8-11H,2-7,12-14H2,1H3. The van der Waals surface area contributed by atoms with Gasteiger partial charge in [0.1, 0.15) is 5.75 Å². The van der Waals surface area contributed by atoms with Gasteiger partial charge < -0.3 is 9.47 Å². The third-order valence-electron chi connectivity index (χ3n) is 7.06. The van der Waals surface area contributed by atoms with E-state index in [1.54, 1.807) is 0 Å². The molecule has 24 heteroatoms. The quantitative estimate of drug-likeness (QED) is 0.0974. The monoisotopic (exact) mass is 796 g/mol. The van der Waals surface area contributed by atoms with Crippen LogP contribution < -0.4 is 14.9 Å². The van der Waals surface area contributed by atoms with Gasteiger partial charge in [0.05, 0.1) is 19.6 Å². The molecule has 0 fully saturated rings. The number of alkyl halides is 21. The fourth-order valence-corrected chi connectivity index (χ4v) is 3.86. The highest BCUT2D eigenvalue weighted by Crippen LogP contribution is 2.66. The van der Waals surface area contributed by atoms with E-state index in [0.717, 1.165) is 37.8 Å². The van der Waals surface area contributed by atoms with Crippen molar-refractivity contribution < 1.29 is 102 Å². The molecule has 0 heterocycles. The second-order valence-corrected chi connectivity index (χ2v) is 10.8. The Labute approximate surface area is 273 Å². The normalized spacial score (nSPS) is 14.9. The van der Waals surface area contributed by atoms with Crippen LogP contribution >= 0.6 is 0 Å². The lowest BCUT2D eigenvalue weighted by molar-refractivity contribution is -0.474. The molecule has 0 amide bonds. The minimum atomic E-state index is -9.22. The van der Waals surface area contributed by atoms with Crippen LogP contribution in [0.25, 0.3) is 0 Å². The molecule has 0 atom stereocenters. The summed E-state index contributed by atoms with van der Waals surface area (Å²) < 4.78 is 294. The van der Waals surface area contributed by atoms with Crippen molar-refractivity contribution in [2.24, 2.45) is 0 Å². The van der Waals surface area contributed by atoms with Crippen LogP contribution in [0.4, 0.5) is 92.2 Å². The van der Waals surface area contributed by atoms with Crippen molar-refractivity contribution >= 4 is 0 Å². The van der Waals surface area contributed by atoms with E-state index in [9.17, 15) is 97.0 Å². The Kier molecular flexibility index (Phi) is 13.7. The van der Waals surface area contributed by atoms with Gasteiger partial charge in [0.2, 0.25) is 5.43 Å². The highest BCUT2D eigenvalue weighted by molar-refractivity contribution is 5.28. The molecule has 0 saturated carbocycles. The first-order valence-corrected chi connectivity index (χ1v) is 14.0. The van der Waals surface area contributed by atoms with Crippen LogP contribution in [0.15, 0.2) is 29.1 Å². The molecule has 3 nitrogen and oxygen atoms in total. The molecule has 51 heavy (non-hydrogen) atoms. The molecule has 0 aliphatic carbocycles. The average Bonchev–Trinajstić information content (AvgIpc) is 3.15. The highest BCUT2D eigenvalue weighted by atomic mass is 19.4. The maximum atomic E-state index is 14.2. The van der Waals surface area contributed by atoms with Crippen molar-refractivity contribution in [1.82, 2.24) is 0 Å². The Morgan fingerprint density at radius 1 is 0.451 bits per heavy atom. The summed E-state index contributed by atoms with van der Waals surface area (Å²) >= 11 is 0. The molecule has 1 aromatic rings. The van der Waals surface area contributed by atoms with Crippen LogP contribution in [-0.4, -0.2) is 72.7 Å². The average molecular weight is 796 g/mol. The van der Waals surface area contributed by atoms with Crippen molar-refractivity contribution in [2.75, 3.05) is 13.2 Å². The first-order chi connectivity index (χ1) is 22.7. The van der Waals surface area contributed by atoms with Crippen LogP contribution in [0.3, 0.4) is 0 Å². The molecular formula is C27H25F21O3. The van der Waals surface area contributed by atoms with Gasteiger partial charge in [0, 0.05) is 0 Å². The summed E-state index contributed by atoms with van der Waals surface area (Å²) in [5, 5.41) is 0. The summed E-state index contributed by atoms with van der Waals surface area (Å²) in [5.41, 5.74) is -0.877. The number of hydrogen-bond donors (Lipinski definition) is 0. The number of hydrogen-bond acceptors (Lipinski definition) is 3. The number of halogens is 21. The van der Waals surface area contributed by atoms with Crippen molar-refractivity contribution in [3.8, 4) is 11.5 Å². The lowest BCUT2D eigenvalue weighted by atomic mass is 9.86. The zero-order chi connectivity index (χ0) is 40.3. The predicted octanol–water partition coefficient (Wildman–Crippen LogP) is 10.8. The summed E-state index contributed by atoms with van der Waals surface area (Å²) in [7, 11) is 0. The number of unbranched alkanes of at least 4 members (excludes halogenated alkanes) is 5. The fourth-order valence-electron chi connectivity index (χ4n) is 3.86. The molecule has 0 aliphatic heterocycles. The van der Waals surface area contributed by atoms with Crippen LogP contribution in [0.5, 0.6) is 11.5 Å². The minimum absolute atomic E-state index is 0.00675. The largest absolute Gasteiger partial charge is 0.493 e. The summed E-state index contributed by atoms with van der Waals surface area (Å²) in [6.45, 7) is 0.00905. The molecule has 298 valence electrons. The highest BCUT2D eigenvalue weighted by Gasteiger charge is 2.97. The Morgan fingerprint density at radius 2 is 0.843 bits per heavy atom. The SMILES string of the molecule is CCCCCCCCOc1ccc(OCCC(F)(F)C(F)(F)C(F)(F)C(F)(F)C(F)(F)C(F)(F)C(F)(F)C(F)(F)C(F)(F)C(F)(F)F)ccc1=O. The van der Waals surface area contributed by atoms with Gasteiger partial charge in [-0.15, -0.1) is 0 Å². The second kappa shape index (κ2) is 15.2. The zero-order valence-corrected chi connectivity index (χ0v) is 25.3. The van der Waals surface area contributed by atoms with Gasteiger partial charge in [-0.25, -0.2) is 0 Å². The van der Waals surface area contributed by atoms with Crippen LogP contribution in [-0.2, 0) is 0 Å². The van der Waals surface area contributed by atoms with Crippen molar-refractivity contribution in [3.63, 3.8) is 0 Å². The minimum Gasteiger partial charge on any atom is -0.493 e. The van der Waals surface area contributed by atoms with Crippen molar-refractivity contribution in [3.05, 3.63) is 34.5 Å². The fraction of sp³-hybridized carbons (Fsp3) is 0.741. The summed E-state index contributed by atoms with van der Waals surface area (Å²) in [6, 6.07) is 2.90. The Hall–Kier alpha value is -2.98. The van der Waals surface area contributed by atoms with E-state index in [1.165, 1.54) is 0 Å². The molecule has 1 rings (SSSR count). The van der Waals surface area contributed by atoms with Gasteiger partial charge in [-0.05, 0) is 30.7 Å². The lowest BCUT2D eigenvalue weighted by Gasteiger charge is -2.44. The predicted molar refractivity (Wildman–Crippen MR) is 132 cm³/mol. The maximum absolute atomic E-state index is 14.2. The van der Waals surface area contributed by atoms with E-state index in [1.807, 2.05) is 6.92 Å². The first-order valence-electron chi connectivity index (χ1n) is 14.0. The van der Waals surface area contributed by atoms with E-state index in [0.29, 0.717) is 25.0 Å². The molecule has 0 unspecified atom stereocenters. The summed E-state index contributed by atoms with van der Waals surface area (Å²) in [6.07, 6.45) is -6.08. The number of rotatable bonds is 20. The van der Waals surface area contributed by atoms with Gasteiger partial charge in [-0.1, -0.05) is 39.0 Å². The molecule has 0 saturated heterocycles. The molecule has 0 aromatic heterocycles. The third kappa shape index (κ3) is 8.17. The summed E-state index contributed by atoms with van der Waals surface area (Å²) in [5.74, 6) is -78.6. The van der Waals surface area contributed by atoms with Crippen molar-refractivity contribution in [2.45, 2.75) is 111 Å². The molecule has 1 aromatic carbocycles. The van der Waals surface area contributed by atoms with E-state index in [-0.39, 0.29) is 12.4 Å². The molecular weight excluding hydrogens is 771 g/mol. The molecule has 0 bridgehead atoms. The van der Waals surface area contributed by atoms with E-state index in [2.05, 4.69) is 4.74 Å². The van der Waals surface area contributed by atoms with Gasteiger partial charge in [-0.2, -0.15) is 92.2 Å². The zero-order valence-electron chi connectivity index (χ0n) is 25.3. The van der Waals surface area contributed by atoms with Gasteiger partial charge in [0.15, 0.2) is 5.75 Å². The Balaban J connectivity index is 3.27. The van der Waals surface area contributed by atoms with E-state index >= 15 is 0 Å². The van der Waals surface area contributed by atoms with Gasteiger partial charge in [0.25, 0.3) is 0 Å². The Morgan fingerprint density at radius 3 is 1.29 bits per heavy atom. The topological polar surface area (TPSA) is 35.5 Å². The first kappa shape index (κ1) is 46.0. The van der Waals surface area contributed by atoms with Crippen molar-refractivity contribution in [1.29, 1.82) is 0 Å². The number of ether oxygens (including phenoxy) is 2. The second-order valence-electron chi connectivity index (χ2n) is 10.8. The summed E-state index contributed by atoms with van der Waals surface area (Å²) in [4.78, 5) is 12.1. The molecule has 0 spiro atoms. The molecule has 0 N–H and O–H groups in total. The molecule has 0 radical (unpaired) electrons. The van der Waals surface area contributed by atoms with Crippen LogP contribution in [0, 0.1) is 0 Å². The van der Waals surface area contributed by atoms with Gasteiger partial charge >= 0.3 is 59.5 Å². The van der Waals surface area contributed by atoms with Gasteiger partial charge in [-0.3, -0.25) is 4.79 Å². The van der Waals surface area contributed by atoms with E-state index in [4.69, 9.17) is 4.74 Å². The smallest absolute Gasteiger partial charge is 0.460 e. The van der Waals surface area contributed by atoms with Crippen LogP contribution in [0.1, 0.15) is 51.9 Å².